The number of aromatic nitrogens is 1. The van der Waals surface area contributed by atoms with Crippen molar-refractivity contribution < 1.29 is 5.21 Å². The lowest BCUT2D eigenvalue weighted by molar-refractivity contribution is 0.316. The molecule has 1 heterocycles. The predicted octanol–water partition coefficient (Wildman–Crippen LogP) is 0.720. The summed E-state index contributed by atoms with van der Waals surface area (Å²) in [6.45, 7) is 3.58. The van der Waals surface area contributed by atoms with E-state index in [9.17, 15) is 0 Å². The summed E-state index contributed by atoms with van der Waals surface area (Å²) in [7, 11) is 0. The monoisotopic (exact) mass is 228 g/mol. The van der Waals surface area contributed by atoms with E-state index in [2.05, 4.69) is 20.8 Å². The van der Waals surface area contributed by atoms with Crippen molar-refractivity contribution in [2.24, 2.45) is 10.9 Å². The van der Waals surface area contributed by atoms with Crippen molar-refractivity contribution in [3.63, 3.8) is 0 Å². The second kappa shape index (κ2) is 6.36. The summed E-state index contributed by atoms with van der Waals surface area (Å²) in [6.07, 6.45) is 1.48. The highest BCUT2D eigenvalue weighted by atomic mass is 32.1. The van der Waals surface area contributed by atoms with Gasteiger partial charge in [0.25, 0.3) is 0 Å². The molecule has 0 saturated heterocycles. The van der Waals surface area contributed by atoms with Crippen LogP contribution in [0.5, 0.6) is 0 Å². The lowest BCUT2D eigenvalue weighted by atomic mass is 10.3. The number of rotatable bonds is 6. The lowest BCUT2D eigenvalue weighted by Gasteiger charge is -2.01. The Balaban J connectivity index is 2.07. The summed E-state index contributed by atoms with van der Waals surface area (Å²) >= 11 is 1.67. The number of nitrogens with one attached hydrogen (secondary N) is 1. The molecule has 1 aromatic rings. The van der Waals surface area contributed by atoms with Crippen LogP contribution in [0.1, 0.15) is 17.1 Å². The fourth-order valence-electron chi connectivity index (χ4n) is 1.13. The Morgan fingerprint density at radius 3 is 3.07 bits per heavy atom. The highest BCUT2D eigenvalue weighted by Gasteiger charge is 1.98. The van der Waals surface area contributed by atoms with Gasteiger partial charge in [-0.2, -0.15) is 0 Å². The fourth-order valence-corrected chi connectivity index (χ4v) is 1.78. The van der Waals surface area contributed by atoms with E-state index < -0.39 is 0 Å². The second-order valence-electron chi connectivity index (χ2n) is 3.20. The van der Waals surface area contributed by atoms with Crippen molar-refractivity contribution in [2.75, 3.05) is 13.1 Å². The first kappa shape index (κ1) is 11.9. The van der Waals surface area contributed by atoms with Crippen LogP contribution >= 0.6 is 11.3 Å². The summed E-state index contributed by atoms with van der Waals surface area (Å²) in [5, 5.41) is 17.6. The first-order chi connectivity index (χ1) is 7.22. The van der Waals surface area contributed by atoms with Crippen LogP contribution in [0.4, 0.5) is 0 Å². The van der Waals surface area contributed by atoms with Crippen molar-refractivity contribution in [2.45, 2.75) is 19.8 Å². The molecule has 1 aromatic heterocycles. The van der Waals surface area contributed by atoms with E-state index in [1.807, 2.05) is 6.92 Å². The standard InChI is InChI=1S/C9H16N4OS/c1-7-12-8(6-15-7)2-4-11-5-3-9(10)13-14/h6,11,14H,2-5H2,1H3,(H2,10,13). The van der Waals surface area contributed by atoms with E-state index in [0.29, 0.717) is 6.42 Å². The molecule has 0 unspecified atom stereocenters. The Morgan fingerprint density at radius 1 is 1.67 bits per heavy atom. The van der Waals surface area contributed by atoms with Crippen LogP contribution in [-0.2, 0) is 6.42 Å². The molecule has 0 fully saturated rings. The number of amidine groups is 1. The molecule has 0 aromatic carbocycles. The van der Waals surface area contributed by atoms with E-state index in [-0.39, 0.29) is 5.84 Å². The number of nitrogens with zero attached hydrogens (tertiary/aromatic N) is 2. The van der Waals surface area contributed by atoms with E-state index in [1.165, 1.54) is 0 Å². The molecule has 15 heavy (non-hydrogen) atoms. The smallest absolute Gasteiger partial charge is 0.140 e. The first-order valence-electron chi connectivity index (χ1n) is 4.80. The summed E-state index contributed by atoms with van der Waals surface area (Å²) in [5.41, 5.74) is 6.44. The van der Waals surface area contributed by atoms with Crippen molar-refractivity contribution in [3.05, 3.63) is 16.1 Å². The zero-order valence-electron chi connectivity index (χ0n) is 8.73. The van der Waals surface area contributed by atoms with Gasteiger partial charge >= 0.3 is 0 Å². The van der Waals surface area contributed by atoms with Crippen LogP contribution in [-0.4, -0.2) is 29.1 Å². The Hall–Kier alpha value is -1.14. The topological polar surface area (TPSA) is 83.5 Å². The predicted molar refractivity (Wildman–Crippen MR) is 61.5 cm³/mol. The Labute approximate surface area is 93.0 Å². The van der Waals surface area contributed by atoms with E-state index in [1.54, 1.807) is 11.3 Å². The molecular weight excluding hydrogens is 212 g/mol. The van der Waals surface area contributed by atoms with Crippen molar-refractivity contribution in [3.8, 4) is 0 Å². The number of nitrogens with two attached hydrogens (primary N) is 1. The Bertz CT molecular complexity index is 324. The third-order valence-electron chi connectivity index (χ3n) is 1.91. The van der Waals surface area contributed by atoms with Gasteiger partial charge in [-0.3, -0.25) is 0 Å². The normalized spacial score (nSPS) is 11.9. The van der Waals surface area contributed by atoms with Crippen molar-refractivity contribution >= 4 is 17.2 Å². The highest BCUT2D eigenvalue weighted by Crippen LogP contribution is 2.07. The number of hydrogen-bond donors (Lipinski definition) is 3. The molecule has 0 spiro atoms. The average molecular weight is 228 g/mol. The highest BCUT2D eigenvalue weighted by molar-refractivity contribution is 7.09. The van der Waals surface area contributed by atoms with E-state index in [4.69, 9.17) is 10.9 Å². The molecule has 6 heteroatoms. The van der Waals surface area contributed by atoms with Crippen LogP contribution in [0.3, 0.4) is 0 Å². The quantitative estimate of drug-likeness (QED) is 0.220. The minimum Gasteiger partial charge on any atom is -0.409 e. The maximum absolute atomic E-state index is 8.30. The van der Waals surface area contributed by atoms with Gasteiger partial charge in [-0.1, -0.05) is 5.16 Å². The third-order valence-corrected chi connectivity index (χ3v) is 2.73. The number of aryl methyl sites for hydroxylation is 1. The zero-order valence-corrected chi connectivity index (χ0v) is 9.55. The maximum atomic E-state index is 8.30. The number of hydrogen-bond acceptors (Lipinski definition) is 5. The average Bonchev–Trinajstić information content (AvgIpc) is 2.63. The minimum atomic E-state index is 0.256. The molecule has 0 bridgehead atoms. The van der Waals surface area contributed by atoms with Gasteiger partial charge in [-0.15, -0.1) is 11.3 Å². The summed E-state index contributed by atoms with van der Waals surface area (Å²) in [6, 6.07) is 0. The van der Waals surface area contributed by atoms with Gasteiger partial charge in [-0.25, -0.2) is 4.98 Å². The summed E-state index contributed by atoms with van der Waals surface area (Å²) in [4.78, 5) is 4.35. The SMILES string of the molecule is Cc1nc(CCNCCC(N)=NO)cs1. The zero-order chi connectivity index (χ0) is 11.1. The van der Waals surface area contributed by atoms with Gasteiger partial charge < -0.3 is 16.3 Å². The molecule has 5 nitrogen and oxygen atoms in total. The Morgan fingerprint density at radius 2 is 2.47 bits per heavy atom. The summed E-state index contributed by atoms with van der Waals surface area (Å²) < 4.78 is 0. The molecule has 0 atom stereocenters. The van der Waals surface area contributed by atoms with Gasteiger partial charge in [0, 0.05) is 31.3 Å². The molecular formula is C9H16N4OS. The molecule has 0 aliphatic carbocycles. The second-order valence-corrected chi connectivity index (χ2v) is 4.26. The van der Waals surface area contributed by atoms with Crippen LogP contribution in [0, 0.1) is 6.92 Å². The van der Waals surface area contributed by atoms with Gasteiger partial charge in [0.05, 0.1) is 10.7 Å². The summed E-state index contributed by atoms with van der Waals surface area (Å²) in [5.74, 6) is 0.256. The fraction of sp³-hybridized carbons (Fsp3) is 0.556. The van der Waals surface area contributed by atoms with Crippen LogP contribution in [0.15, 0.2) is 10.5 Å². The molecule has 84 valence electrons. The molecule has 0 saturated carbocycles. The minimum absolute atomic E-state index is 0.256. The molecule has 0 radical (unpaired) electrons. The van der Waals surface area contributed by atoms with Gasteiger partial charge in [0.1, 0.15) is 5.84 Å². The van der Waals surface area contributed by atoms with Crippen LogP contribution in [0.25, 0.3) is 0 Å². The molecule has 4 N–H and O–H groups in total. The maximum Gasteiger partial charge on any atom is 0.140 e. The van der Waals surface area contributed by atoms with E-state index >= 15 is 0 Å². The van der Waals surface area contributed by atoms with Gasteiger partial charge in [0.15, 0.2) is 0 Å². The Kier molecular flexibility index (Phi) is 5.06. The third kappa shape index (κ3) is 4.75. The van der Waals surface area contributed by atoms with Crippen molar-refractivity contribution in [1.29, 1.82) is 0 Å². The largest absolute Gasteiger partial charge is 0.409 e. The van der Waals surface area contributed by atoms with Gasteiger partial charge in [0.2, 0.25) is 0 Å². The lowest BCUT2D eigenvalue weighted by Crippen LogP contribution is -2.24. The number of thiazole rings is 1. The molecule has 1 rings (SSSR count). The van der Waals surface area contributed by atoms with Crippen LogP contribution in [0.2, 0.25) is 0 Å². The molecule has 0 aliphatic rings. The number of oxime groups is 1. The van der Waals surface area contributed by atoms with Crippen LogP contribution < -0.4 is 11.1 Å². The molecule has 0 aliphatic heterocycles. The first-order valence-corrected chi connectivity index (χ1v) is 5.68. The van der Waals surface area contributed by atoms with Crippen molar-refractivity contribution in [1.82, 2.24) is 10.3 Å². The molecule has 0 amide bonds. The van der Waals surface area contributed by atoms with Gasteiger partial charge in [-0.05, 0) is 6.92 Å². The van der Waals surface area contributed by atoms with E-state index in [0.717, 1.165) is 30.2 Å².